The second-order valence-corrected chi connectivity index (χ2v) is 7.50. The minimum atomic E-state index is -3.70. The number of hydrogen-bond donors (Lipinski definition) is 2. The number of piperidine rings is 1. The first-order valence-corrected chi connectivity index (χ1v) is 8.34. The van der Waals surface area contributed by atoms with Gasteiger partial charge in [0.2, 0.25) is 10.0 Å². The summed E-state index contributed by atoms with van der Waals surface area (Å²) in [5.74, 6) is -1.18. The normalized spacial score (nSPS) is 20.8. The molecule has 1 aromatic rings. The summed E-state index contributed by atoms with van der Waals surface area (Å²) in [6, 6.07) is 3.82. The Morgan fingerprint density at radius 2 is 2.15 bits per heavy atom. The molecular formula is C12H15BrN2O4S. The van der Waals surface area contributed by atoms with Gasteiger partial charge in [-0.1, -0.05) is 0 Å². The zero-order valence-electron chi connectivity index (χ0n) is 10.6. The highest BCUT2D eigenvalue weighted by atomic mass is 79.9. The van der Waals surface area contributed by atoms with Crippen molar-refractivity contribution in [2.45, 2.75) is 23.8 Å². The van der Waals surface area contributed by atoms with Crippen molar-refractivity contribution in [2.75, 3.05) is 13.1 Å². The molecule has 1 aliphatic heterocycles. The Balaban J connectivity index is 2.39. The van der Waals surface area contributed by atoms with Gasteiger partial charge in [-0.2, -0.15) is 4.31 Å². The van der Waals surface area contributed by atoms with Gasteiger partial charge in [-0.15, -0.1) is 0 Å². The van der Waals surface area contributed by atoms with Gasteiger partial charge < -0.3 is 10.8 Å². The van der Waals surface area contributed by atoms with E-state index in [1.54, 1.807) is 0 Å². The molecule has 110 valence electrons. The number of sulfonamides is 1. The van der Waals surface area contributed by atoms with Crippen LogP contribution in [0.15, 0.2) is 27.6 Å². The molecule has 1 aromatic carbocycles. The Morgan fingerprint density at radius 3 is 2.75 bits per heavy atom. The van der Waals surface area contributed by atoms with Crippen LogP contribution in [0.25, 0.3) is 0 Å². The smallest absolute Gasteiger partial charge is 0.336 e. The number of rotatable bonds is 3. The molecule has 0 aliphatic carbocycles. The molecule has 1 atom stereocenters. The lowest BCUT2D eigenvalue weighted by atomic mass is 10.1. The largest absolute Gasteiger partial charge is 0.478 e. The Bertz CT molecular complexity index is 632. The summed E-state index contributed by atoms with van der Waals surface area (Å²) in [6.45, 7) is 0.676. The lowest BCUT2D eigenvalue weighted by Gasteiger charge is -2.29. The fourth-order valence-electron chi connectivity index (χ4n) is 2.17. The lowest BCUT2D eigenvalue weighted by molar-refractivity contribution is 0.0695. The fourth-order valence-corrected chi connectivity index (χ4v) is 4.15. The number of carboxylic acids is 1. The van der Waals surface area contributed by atoms with Crippen molar-refractivity contribution in [1.82, 2.24) is 4.31 Å². The summed E-state index contributed by atoms with van der Waals surface area (Å²) >= 11 is 3.09. The number of nitrogens with two attached hydrogens (primary N) is 1. The molecular weight excluding hydrogens is 348 g/mol. The third-order valence-corrected chi connectivity index (χ3v) is 5.78. The molecule has 0 saturated carbocycles. The molecule has 0 aromatic heterocycles. The van der Waals surface area contributed by atoms with Crippen molar-refractivity contribution in [1.29, 1.82) is 0 Å². The van der Waals surface area contributed by atoms with Crippen molar-refractivity contribution in [2.24, 2.45) is 5.73 Å². The summed E-state index contributed by atoms with van der Waals surface area (Å²) in [5, 5.41) is 9.05. The molecule has 20 heavy (non-hydrogen) atoms. The molecule has 1 saturated heterocycles. The van der Waals surface area contributed by atoms with Crippen LogP contribution in [-0.4, -0.2) is 42.9 Å². The highest BCUT2D eigenvalue weighted by Crippen LogP contribution is 2.25. The van der Waals surface area contributed by atoms with Crippen LogP contribution in [0.1, 0.15) is 23.2 Å². The maximum absolute atomic E-state index is 12.5. The molecule has 0 radical (unpaired) electrons. The zero-order valence-corrected chi connectivity index (χ0v) is 13.0. The van der Waals surface area contributed by atoms with Crippen LogP contribution in [0.4, 0.5) is 0 Å². The number of nitrogens with zero attached hydrogens (tertiary/aromatic N) is 1. The van der Waals surface area contributed by atoms with Gasteiger partial charge >= 0.3 is 5.97 Å². The van der Waals surface area contributed by atoms with Crippen LogP contribution < -0.4 is 5.73 Å². The van der Waals surface area contributed by atoms with Gasteiger partial charge in [0.15, 0.2) is 0 Å². The maximum atomic E-state index is 12.5. The van der Waals surface area contributed by atoms with E-state index >= 15 is 0 Å². The first-order chi connectivity index (χ1) is 9.32. The minimum Gasteiger partial charge on any atom is -0.478 e. The van der Waals surface area contributed by atoms with E-state index in [1.165, 1.54) is 22.5 Å². The molecule has 0 bridgehead atoms. The maximum Gasteiger partial charge on any atom is 0.336 e. The van der Waals surface area contributed by atoms with Crippen LogP contribution in [0.5, 0.6) is 0 Å². The number of benzene rings is 1. The first kappa shape index (κ1) is 15.4. The van der Waals surface area contributed by atoms with Gasteiger partial charge in [0.1, 0.15) is 0 Å². The summed E-state index contributed by atoms with van der Waals surface area (Å²) < 4.78 is 26.6. The Morgan fingerprint density at radius 1 is 1.45 bits per heavy atom. The van der Waals surface area contributed by atoms with Gasteiger partial charge in [0.25, 0.3) is 0 Å². The second-order valence-electron chi connectivity index (χ2n) is 4.71. The summed E-state index contributed by atoms with van der Waals surface area (Å²) in [4.78, 5) is 11.0. The quantitative estimate of drug-likeness (QED) is 0.842. The monoisotopic (exact) mass is 362 g/mol. The van der Waals surface area contributed by atoms with Crippen molar-refractivity contribution in [3.63, 3.8) is 0 Å². The molecule has 0 spiro atoms. The zero-order chi connectivity index (χ0) is 14.9. The number of aromatic carboxylic acids is 1. The Hall–Kier alpha value is -0.960. The minimum absolute atomic E-state index is 0.0211. The third-order valence-electron chi connectivity index (χ3n) is 3.23. The van der Waals surface area contributed by atoms with E-state index in [4.69, 9.17) is 10.8 Å². The average Bonchev–Trinajstić information content (AvgIpc) is 2.38. The van der Waals surface area contributed by atoms with Crippen molar-refractivity contribution < 1.29 is 18.3 Å². The summed E-state index contributed by atoms with van der Waals surface area (Å²) in [6.07, 6.45) is 1.51. The van der Waals surface area contributed by atoms with Crippen LogP contribution in [-0.2, 0) is 10.0 Å². The molecule has 1 fully saturated rings. The first-order valence-electron chi connectivity index (χ1n) is 6.11. The van der Waals surface area contributed by atoms with Crippen LogP contribution in [0.2, 0.25) is 0 Å². The Kier molecular flexibility index (Phi) is 4.48. The molecule has 2 rings (SSSR count). The van der Waals surface area contributed by atoms with Gasteiger partial charge in [-0.25, -0.2) is 13.2 Å². The molecule has 3 N–H and O–H groups in total. The predicted octanol–water partition coefficient (Wildman–Crippen LogP) is 1.26. The standard InChI is InChI=1S/C12H15BrN2O4S/c13-11-4-3-9(6-10(11)12(16)17)20(18,19)15-5-1-2-8(14)7-15/h3-4,6,8H,1-2,5,7,14H2,(H,16,17). The van der Waals surface area contributed by atoms with E-state index in [0.717, 1.165) is 6.42 Å². The fraction of sp³-hybridized carbons (Fsp3) is 0.417. The van der Waals surface area contributed by atoms with E-state index in [9.17, 15) is 13.2 Å². The van der Waals surface area contributed by atoms with E-state index in [1.807, 2.05) is 0 Å². The average molecular weight is 363 g/mol. The van der Waals surface area contributed by atoms with Crippen molar-refractivity contribution in [3.05, 3.63) is 28.2 Å². The molecule has 6 nitrogen and oxygen atoms in total. The van der Waals surface area contributed by atoms with Crippen LogP contribution >= 0.6 is 15.9 Å². The number of carbonyl (C=O) groups is 1. The van der Waals surface area contributed by atoms with E-state index in [0.29, 0.717) is 17.4 Å². The molecule has 1 heterocycles. The molecule has 1 unspecified atom stereocenters. The third kappa shape index (κ3) is 3.03. The van der Waals surface area contributed by atoms with Crippen molar-refractivity contribution in [3.8, 4) is 0 Å². The molecule has 8 heteroatoms. The topological polar surface area (TPSA) is 101 Å². The lowest BCUT2D eigenvalue weighted by Crippen LogP contribution is -2.45. The van der Waals surface area contributed by atoms with Gasteiger partial charge in [0.05, 0.1) is 10.5 Å². The van der Waals surface area contributed by atoms with E-state index in [-0.39, 0.29) is 23.0 Å². The van der Waals surface area contributed by atoms with Gasteiger partial charge in [-0.3, -0.25) is 0 Å². The van der Waals surface area contributed by atoms with E-state index in [2.05, 4.69) is 15.9 Å². The van der Waals surface area contributed by atoms with Crippen LogP contribution in [0.3, 0.4) is 0 Å². The van der Waals surface area contributed by atoms with E-state index < -0.39 is 16.0 Å². The number of carboxylic acid groups (broad SMARTS) is 1. The molecule has 1 aliphatic rings. The highest BCUT2D eigenvalue weighted by Gasteiger charge is 2.29. The number of hydrogen-bond acceptors (Lipinski definition) is 4. The number of halogens is 1. The second kappa shape index (κ2) is 5.80. The summed E-state index contributed by atoms with van der Waals surface area (Å²) in [5.41, 5.74) is 5.72. The van der Waals surface area contributed by atoms with Gasteiger partial charge in [-0.05, 0) is 47.0 Å². The summed E-state index contributed by atoms with van der Waals surface area (Å²) in [7, 11) is -3.70. The predicted molar refractivity (Wildman–Crippen MR) is 77.1 cm³/mol. The Labute approximate surface area is 125 Å². The van der Waals surface area contributed by atoms with Crippen molar-refractivity contribution >= 4 is 31.9 Å². The van der Waals surface area contributed by atoms with Gasteiger partial charge in [0, 0.05) is 23.6 Å². The highest BCUT2D eigenvalue weighted by molar-refractivity contribution is 9.10. The molecule has 0 amide bonds. The van der Waals surface area contributed by atoms with Crippen LogP contribution in [0, 0.1) is 0 Å². The SMILES string of the molecule is NC1CCCN(S(=O)(=O)c2ccc(Br)c(C(=O)O)c2)C1.